The number of aromatic nitrogens is 2. The lowest BCUT2D eigenvalue weighted by Crippen LogP contribution is -2.16. The van der Waals surface area contributed by atoms with Gasteiger partial charge < -0.3 is 4.57 Å². The molecule has 0 fully saturated rings. The lowest BCUT2D eigenvalue weighted by Gasteiger charge is -2.18. The Morgan fingerprint density at radius 1 is 1.28 bits per heavy atom. The van der Waals surface area contributed by atoms with Gasteiger partial charge in [0, 0.05) is 24.7 Å². The molecule has 0 radical (unpaired) electrons. The Bertz CT molecular complexity index is 581. The first-order valence-electron chi connectivity index (χ1n) is 6.77. The number of rotatable bonds is 1. The summed E-state index contributed by atoms with van der Waals surface area (Å²) >= 11 is 0. The second kappa shape index (κ2) is 4.27. The monoisotopic (exact) mass is 240 g/mol. The SMILES string of the molecule is Cc1ccc(C)c(-c2cn3c(n2)CC(C)CC3)c1. The summed E-state index contributed by atoms with van der Waals surface area (Å²) in [6, 6.07) is 6.59. The molecule has 94 valence electrons. The maximum atomic E-state index is 4.84. The Balaban J connectivity index is 2.05. The molecule has 2 aromatic rings. The minimum absolute atomic E-state index is 0.770. The van der Waals surface area contributed by atoms with Gasteiger partial charge in [0.2, 0.25) is 0 Å². The molecule has 0 N–H and O–H groups in total. The van der Waals surface area contributed by atoms with E-state index < -0.39 is 0 Å². The summed E-state index contributed by atoms with van der Waals surface area (Å²) in [6.07, 6.45) is 4.61. The summed E-state index contributed by atoms with van der Waals surface area (Å²) in [6.45, 7) is 7.74. The minimum atomic E-state index is 0.770. The summed E-state index contributed by atoms with van der Waals surface area (Å²) in [5.74, 6) is 2.02. The number of hydrogen-bond donors (Lipinski definition) is 0. The van der Waals surface area contributed by atoms with Crippen LogP contribution in [-0.2, 0) is 13.0 Å². The summed E-state index contributed by atoms with van der Waals surface area (Å²) in [5.41, 5.74) is 5.03. The second-order valence-electron chi connectivity index (χ2n) is 5.65. The standard InChI is InChI=1S/C16H20N2/c1-11-4-5-13(3)14(8-11)15-10-18-7-6-12(2)9-16(18)17-15/h4-5,8,10,12H,6-7,9H2,1-3H3. The molecule has 1 aromatic heterocycles. The van der Waals surface area contributed by atoms with Gasteiger partial charge in [0.05, 0.1) is 5.69 Å². The van der Waals surface area contributed by atoms with Crippen molar-refractivity contribution in [1.82, 2.24) is 9.55 Å². The van der Waals surface area contributed by atoms with Crippen LogP contribution in [0.4, 0.5) is 0 Å². The van der Waals surface area contributed by atoms with Gasteiger partial charge in [-0.1, -0.05) is 24.6 Å². The van der Waals surface area contributed by atoms with E-state index in [1.807, 2.05) is 0 Å². The van der Waals surface area contributed by atoms with Crippen LogP contribution in [0, 0.1) is 19.8 Å². The smallest absolute Gasteiger partial charge is 0.109 e. The van der Waals surface area contributed by atoms with Crippen molar-refractivity contribution >= 4 is 0 Å². The van der Waals surface area contributed by atoms with Gasteiger partial charge in [-0.2, -0.15) is 0 Å². The zero-order valence-corrected chi connectivity index (χ0v) is 11.4. The van der Waals surface area contributed by atoms with Crippen LogP contribution in [0.3, 0.4) is 0 Å². The van der Waals surface area contributed by atoms with E-state index in [0.717, 1.165) is 24.6 Å². The second-order valence-corrected chi connectivity index (χ2v) is 5.65. The average molecular weight is 240 g/mol. The van der Waals surface area contributed by atoms with Gasteiger partial charge in [0.25, 0.3) is 0 Å². The minimum Gasteiger partial charge on any atom is -0.334 e. The molecule has 0 aliphatic carbocycles. The van der Waals surface area contributed by atoms with Gasteiger partial charge in [0.1, 0.15) is 5.82 Å². The fourth-order valence-corrected chi connectivity index (χ4v) is 2.73. The van der Waals surface area contributed by atoms with Crippen molar-refractivity contribution in [3.8, 4) is 11.3 Å². The van der Waals surface area contributed by atoms with Crippen molar-refractivity contribution in [1.29, 1.82) is 0 Å². The lowest BCUT2D eigenvalue weighted by atomic mass is 10.0. The Kier molecular flexibility index (Phi) is 2.73. The van der Waals surface area contributed by atoms with Gasteiger partial charge in [-0.05, 0) is 37.8 Å². The largest absolute Gasteiger partial charge is 0.334 e. The molecule has 0 spiro atoms. The van der Waals surface area contributed by atoms with E-state index in [1.54, 1.807) is 0 Å². The van der Waals surface area contributed by atoms with Crippen molar-refractivity contribution in [3.63, 3.8) is 0 Å². The molecule has 2 heteroatoms. The highest BCUT2D eigenvalue weighted by Gasteiger charge is 2.18. The number of benzene rings is 1. The molecule has 0 saturated heterocycles. The van der Waals surface area contributed by atoms with Crippen LogP contribution in [0.1, 0.15) is 30.3 Å². The fourth-order valence-electron chi connectivity index (χ4n) is 2.73. The first kappa shape index (κ1) is 11.5. The summed E-state index contributed by atoms with van der Waals surface area (Å²) in [5, 5.41) is 0. The van der Waals surface area contributed by atoms with Gasteiger partial charge in [-0.3, -0.25) is 0 Å². The molecule has 2 heterocycles. The molecule has 0 amide bonds. The average Bonchev–Trinajstić information content (AvgIpc) is 2.74. The lowest BCUT2D eigenvalue weighted by molar-refractivity contribution is 0.409. The third-order valence-electron chi connectivity index (χ3n) is 3.92. The van der Waals surface area contributed by atoms with Crippen molar-refractivity contribution in [2.45, 2.75) is 40.2 Å². The molecule has 0 saturated carbocycles. The zero-order valence-electron chi connectivity index (χ0n) is 11.4. The first-order valence-corrected chi connectivity index (χ1v) is 6.77. The van der Waals surface area contributed by atoms with E-state index in [0.29, 0.717) is 0 Å². The third kappa shape index (κ3) is 1.96. The highest BCUT2D eigenvalue weighted by molar-refractivity contribution is 5.64. The van der Waals surface area contributed by atoms with Crippen LogP contribution in [0.5, 0.6) is 0 Å². The molecule has 0 bridgehead atoms. The highest BCUT2D eigenvalue weighted by atomic mass is 15.1. The zero-order chi connectivity index (χ0) is 12.7. The van der Waals surface area contributed by atoms with Crippen LogP contribution in [0.25, 0.3) is 11.3 Å². The Morgan fingerprint density at radius 3 is 2.94 bits per heavy atom. The predicted molar refractivity (Wildman–Crippen MR) is 74.6 cm³/mol. The van der Waals surface area contributed by atoms with Gasteiger partial charge in [-0.15, -0.1) is 0 Å². The quantitative estimate of drug-likeness (QED) is 0.742. The first-order chi connectivity index (χ1) is 8.63. The van der Waals surface area contributed by atoms with Crippen LogP contribution >= 0.6 is 0 Å². The third-order valence-corrected chi connectivity index (χ3v) is 3.92. The number of nitrogens with zero attached hydrogens (tertiary/aromatic N) is 2. The van der Waals surface area contributed by atoms with Crippen LogP contribution in [-0.4, -0.2) is 9.55 Å². The van der Waals surface area contributed by atoms with E-state index in [4.69, 9.17) is 4.98 Å². The molecule has 2 nitrogen and oxygen atoms in total. The van der Waals surface area contributed by atoms with Crippen molar-refractivity contribution in [3.05, 3.63) is 41.3 Å². The predicted octanol–water partition coefficient (Wildman–Crippen LogP) is 3.75. The maximum absolute atomic E-state index is 4.84. The van der Waals surface area contributed by atoms with Crippen LogP contribution in [0.2, 0.25) is 0 Å². The Labute approximate surface area is 109 Å². The van der Waals surface area contributed by atoms with Gasteiger partial charge in [-0.25, -0.2) is 4.98 Å². The Morgan fingerprint density at radius 2 is 2.11 bits per heavy atom. The number of imidazole rings is 1. The summed E-state index contributed by atoms with van der Waals surface area (Å²) < 4.78 is 2.33. The van der Waals surface area contributed by atoms with Crippen LogP contribution < -0.4 is 0 Å². The van der Waals surface area contributed by atoms with Crippen molar-refractivity contribution in [2.75, 3.05) is 0 Å². The molecular weight excluding hydrogens is 220 g/mol. The number of aryl methyl sites for hydroxylation is 3. The maximum Gasteiger partial charge on any atom is 0.109 e. The van der Waals surface area contributed by atoms with E-state index in [1.165, 1.54) is 28.9 Å². The highest BCUT2D eigenvalue weighted by Crippen LogP contribution is 2.27. The number of hydrogen-bond acceptors (Lipinski definition) is 1. The van der Waals surface area contributed by atoms with E-state index >= 15 is 0 Å². The van der Waals surface area contributed by atoms with E-state index in [-0.39, 0.29) is 0 Å². The van der Waals surface area contributed by atoms with Crippen molar-refractivity contribution in [2.24, 2.45) is 5.92 Å². The van der Waals surface area contributed by atoms with Gasteiger partial charge in [0.15, 0.2) is 0 Å². The number of fused-ring (bicyclic) bond motifs is 1. The van der Waals surface area contributed by atoms with Gasteiger partial charge >= 0.3 is 0 Å². The molecule has 3 rings (SSSR count). The topological polar surface area (TPSA) is 17.8 Å². The Hall–Kier alpha value is -1.57. The molecular formula is C16H20N2. The normalized spacial score (nSPS) is 18.7. The molecule has 1 aromatic carbocycles. The van der Waals surface area contributed by atoms with Crippen molar-refractivity contribution < 1.29 is 0 Å². The van der Waals surface area contributed by atoms with E-state index in [9.17, 15) is 0 Å². The van der Waals surface area contributed by atoms with Crippen LogP contribution in [0.15, 0.2) is 24.4 Å². The molecule has 1 atom stereocenters. The molecule has 1 aliphatic rings. The fraction of sp³-hybridized carbons (Fsp3) is 0.438. The van der Waals surface area contributed by atoms with E-state index in [2.05, 4.69) is 49.7 Å². The summed E-state index contributed by atoms with van der Waals surface area (Å²) in [7, 11) is 0. The molecule has 18 heavy (non-hydrogen) atoms. The molecule has 1 unspecified atom stereocenters. The molecule has 1 aliphatic heterocycles. The summed E-state index contributed by atoms with van der Waals surface area (Å²) in [4.78, 5) is 4.84.